The molecule has 26 heavy (non-hydrogen) atoms. The van der Waals surface area contributed by atoms with Gasteiger partial charge in [-0.15, -0.1) is 11.3 Å². The first-order chi connectivity index (χ1) is 12.7. The Kier molecular flexibility index (Phi) is 5.79. The fraction of sp³-hybridized carbons (Fsp3) is 0.800. The average molecular weight is 377 g/mol. The lowest BCUT2D eigenvalue weighted by Crippen LogP contribution is -2.50. The predicted octanol–water partition coefficient (Wildman–Crippen LogP) is 4.63. The van der Waals surface area contributed by atoms with Crippen LogP contribution in [0.5, 0.6) is 0 Å². The first kappa shape index (κ1) is 18.2. The highest BCUT2D eigenvalue weighted by atomic mass is 32.1. The van der Waals surface area contributed by atoms with Gasteiger partial charge in [0, 0.05) is 36.5 Å². The Morgan fingerprint density at radius 3 is 2.31 bits per heavy atom. The summed E-state index contributed by atoms with van der Waals surface area (Å²) in [5.41, 5.74) is 1.19. The SMILES string of the molecule is CN1CCc2nc(NC(=O)N(C3CCCCC3)C3CCCCC3)sc2C1. The molecule has 2 amide bonds. The molecule has 1 N–H and O–H groups in total. The number of urea groups is 1. The minimum Gasteiger partial charge on any atom is -0.319 e. The van der Waals surface area contributed by atoms with Crippen LogP contribution >= 0.6 is 11.3 Å². The summed E-state index contributed by atoms with van der Waals surface area (Å²) < 4.78 is 0. The van der Waals surface area contributed by atoms with Gasteiger partial charge in [-0.2, -0.15) is 0 Å². The van der Waals surface area contributed by atoms with Gasteiger partial charge in [0.15, 0.2) is 5.13 Å². The van der Waals surface area contributed by atoms with E-state index in [0.29, 0.717) is 12.1 Å². The van der Waals surface area contributed by atoms with E-state index >= 15 is 0 Å². The monoisotopic (exact) mass is 376 g/mol. The van der Waals surface area contributed by atoms with E-state index in [0.717, 1.165) is 24.6 Å². The van der Waals surface area contributed by atoms with Crippen LogP contribution in [0.2, 0.25) is 0 Å². The number of hydrogen-bond acceptors (Lipinski definition) is 4. The molecular formula is C20H32N4OS. The predicted molar refractivity (Wildman–Crippen MR) is 107 cm³/mol. The van der Waals surface area contributed by atoms with E-state index in [2.05, 4.69) is 22.2 Å². The smallest absolute Gasteiger partial charge is 0.319 e. The summed E-state index contributed by atoms with van der Waals surface area (Å²) in [7, 11) is 2.15. The van der Waals surface area contributed by atoms with Crippen molar-refractivity contribution < 1.29 is 4.79 Å². The van der Waals surface area contributed by atoms with Gasteiger partial charge in [0.1, 0.15) is 0 Å². The third-order valence-electron chi connectivity index (χ3n) is 6.31. The van der Waals surface area contributed by atoms with Gasteiger partial charge in [0.25, 0.3) is 0 Å². The van der Waals surface area contributed by atoms with Crippen LogP contribution in [0.3, 0.4) is 0 Å². The minimum atomic E-state index is 0.100. The van der Waals surface area contributed by atoms with Crippen molar-refractivity contribution in [2.24, 2.45) is 0 Å². The van der Waals surface area contributed by atoms with Gasteiger partial charge in [0.2, 0.25) is 0 Å². The fourth-order valence-corrected chi connectivity index (χ4v) is 5.96. The van der Waals surface area contributed by atoms with Crippen LogP contribution in [0.4, 0.5) is 9.93 Å². The molecule has 0 saturated heterocycles. The highest BCUT2D eigenvalue weighted by Crippen LogP contribution is 2.32. The summed E-state index contributed by atoms with van der Waals surface area (Å²) in [6.07, 6.45) is 13.4. The van der Waals surface area contributed by atoms with Gasteiger partial charge >= 0.3 is 6.03 Å². The zero-order valence-corrected chi connectivity index (χ0v) is 16.8. The molecule has 0 bridgehead atoms. The van der Waals surface area contributed by atoms with Crippen LogP contribution in [-0.4, -0.2) is 46.5 Å². The molecule has 2 heterocycles. The van der Waals surface area contributed by atoms with E-state index in [1.165, 1.54) is 74.8 Å². The standard InChI is InChI=1S/C20H32N4OS/c1-23-13-12-17-18(14-23)26-19(21-17)22-20(25)24(15-8-4-2-5-9-15)16-10-6-3-7-11-16/h15-16H,2-14H2,1H3,(H,21,22,25). The summed E-state index contributed by atoms with van der Waals surface area (Å²) >= 11 is 1.67. The van der Waals surface area contributed by atoms with E-state index in [9.17, 15) is 4.79 Å². The molecule has 4 rings (SSSR count). The van der Waals surface area contributed by atoms with Crippen LogP contribution in [0.25, 0.3) is 0 Å². The molecule has 6 heteroatoms. The molecule has 1 aromatic rings. The van der Waals surface area contributed by atoms with Crippen molar-refractivity contribution in [1.82, 2.24) is 14.8 Å². The number of anilines is 1. The van der Waals surface area contributed by atoms with Gasteiger partial charge < -0.3 is 9.80 Å². The van der Waals surface area contributed by atoms with Crippen LogP contribution in [-0.2, 0) is 13.0 Å². The number of carbonyl (C=O) groups excluding carboxylic acids is 1. The maximum atomic E-state index is 13.3. The van der Waals surface area contributed by atoms with Gasteiger partial charge in [-0.3, -0.25) is 5.32 Å². The molecule has 3 aliphatic rings. The number of nitrogens with zero attached hydrogens (tertiary/aromatic N) is 3. The van der Waals surface area contributed by atoms with Crippen LogP contribution in [0.15, 0.2) is 0 Å². The molecule has 1 aliphatic heterocycles. The first-order valence-corrected chi connectivity index (χ1v) is 11.3. The van der Waals surface area contributed by atoms with Crippen molar-refractivity contribution in [3.63, 3.8) is 0 Å². The van der Waals surface area contributed by atoms with Crippen molar-refractivity contribution in [3.05, 3.63) is 10.6 Å². The number of likely N-dealkylation sites (N-methyl/N-ethyl adjacent to an activating group) is 1. The number of carbonyl (C=O) groups is 1. The quantitative estimate of drug-likeness (QED) is 0.837. The van der Waals surface area contributed by atoms with E-state index < -0.39 is 0 Å². The molecule has 0 spiro atoms. The maximum absolute atomic E-state index is 13.3. The molecular weight excluding hydrogens is 344 g/mol. The fourth-order valence-electron chi connectivity index (χ4n) is 4.88. The molecule has 144 valence electrons. The Balaban J connectivity index is 1.48. The summed E-state index contributed by atoms with van der Waals surface area (Å²) in [5.74, 6) is 0. The molecule has 1 aromatic heterocycles. The molecule has 0 atom stereocenters. The Morgan fingerprint density at radius 2 is 1.69 bits per heavy atom. The molecule has 0 unspecified atom stereocenters. The topological polar surface area (TPSA) is 48.5 Å². The number of thiazole rings is 1. The van der Waals surface area contributed by atoms with E-state index in [-0.39, 0.29) is 6.03 Å². The molecule has 2 fully saturated rings. The zero-order chi connectivity index (χ0) is 17.9. The van der Waals surface area contributed by atoms with Crippen LogP contribution < -0.4 is 5.32 Å². The second-order valence-corrected chi connectivity index (χ2v) is 9.38. The van der Waals surface area contributed by atoms with E-state index in [4.69, 9.17) is 4.98 Å². The number of nitrogens with one attached hydrogen (secondary N) is 1. The number of aromatic nitrogens is 1. The highest BCUT2D eigenvalue weighted by molar-refractivity contribution is 7.15. The van der Waals surface area contributed by atoms with Gasteiger partial charge in [0.05, 0.1) is 5.69 Å². The lowest BCUT2D eigenvalue weighted by molar-refractivity contribution is 0.114. The maximum Gasteiger partial charge on any atom is 0.324 e. The van der Waals surface area contributed by atoms with E-state index in [1.807, 2.05) is 0 Å². The van der Waals surface area contributed by atoms with Gasteiger partial charge in [-0.25, -0.2) is 9.78 Å². The highest BCUT2D eigenvalue weighted by Gasteiger charge is 2.33. The van der Waals surface area contributed by atoms with Gasteiger partial charge in [-0.05, 0) is 32.7 Å². The summed E-state index contributed by atoms with van der Waals surface area (Å²) in [5, 5.41) is 3.98. The second kappa shape index (κ2) is 8.26. The second-order valence-electron chi connectivity index (χ2n) is 8.30. The van der Waals surface area contributed by atoms with Crippen molar-refractivity contribution in [2.75, 3.05) is 18.9 Å². The normalized spacial score (nSPS) is 22.8. The summed E-state index contributed by atoms with van der Waals surface area (Å²) in [4.78, 5) is 23.9. The Morgan fingerprint density at radius 1 is 1.08 bits per heavy atom. The molecule has 2 saturated carbocycles. The Hall–Kier alpha value is -1.14. The largest absolute Gasteiger partial charge is 0.324 e. The summed E-state index contributed by atoms with van der Waals surface area (Å²) in [6.45, 7) is 2.01. The van der Waals surface area contributed by atoms with Crippen molar-refractivity contribution in [1.29, 1.82) is 0 Å². The molecule has 5 nitrogen and oxygen atoms in total. The van der Waals surface area contributed by atoms with Gasteiger partial charge in [-0.1, -0.05) is 38.5 Å². The van der Waals surface area contributed by atoms with Crippen LogP contribution in [0, 0.1) is 0 Å². The number of hydrogen-bond donors (Lipinski definition) is 1. The molecule has 0 aromatic carbocycles. The zero-order valence-electron chi connectivity index (χ0n) is 16.0. The number of rotatable bonds is 3. The number of fused-ring (bicyclic) bond motifs is 1. The first-order valence-electron chi connectivity index (χ1n) is 10.5. The molecule has 2 aliphatic carbocycles. The number of amides is 2. The Bertz CT molecular complexity index is 601. The lowest BCUT2D eigenvalue weighted by atomic mass is 9.89. The van der Waals surface area contributed by atoms with Crippen molar-refractivity contribution >= 4 is 22.5 Å². The van der Waals surface area contributed by atoms with Crippen LogP contribution in [0.1, 0.15) is 74.8 Å². The summed E-state index contributed by atoms with van der Waals surface area (Å²) in [6, 6.07) is 0.948. The molecule has 0 radical (unpaired) electrons. The third kappa shape index (κ3) is 4.06. The minimum absolute atomic E-state index is 0.100. The Labute approximate surface area is 161 Å². The van der Waals surface area contributed by atoms with Crippen molar-refractivity contribution in [3.8, 4) is 0 Å². The average Bonchev–Trinajstić information content (AvgIpc) is 3.05. The third-order valence-corrected chi connectivity index (χ3v) is 7.30. The lowest BCUT2D eigenvalue weighted by Gasteiger charge is -2.41. The van der Waals surface area contributed by atoms with E-state index in [1.54, 1.807) is 11.3 Å². The van der Waals surface area contributed by atoms with Crippen molar-refractivity contribution in [2.45, 2.75) is 89.3 Å².